The largest absolute Gasteiger partial charge is 0.355 e. The summed E-state index contributed by atoms with van der Waals surface area (Å²) in [6.07, 6.45) is 0.505. The summed E-state index contributed by atoms with van der Waals surface area (Å²) in [5, 5.41) is 6.32. The van der Waals surface area contributed by atoms with Crippen molar-refractivity contribution in [1.82, 2.24) is 15.2 Å². The molecule has 0 radical (unpaired) electrons. The van der Waals surface area contributed by atoms with Crippen LogP contribution in [0.4, 0.5) is 0 Å². The van der Waals surface area contributed by atoms with Crippen LogP contribution < -0.4 is 5.32 Å². The Bertz CT molecular complexity index is 653. The standard InChI is InChI=1S/C18H23N3OS/c1-13(2)18-20-15(12-23-18)11-21-9-8-19-17(22)10-16(21)14-6-4-3-5-7-14/h3-7,12-13,16H,8-11H2,1-2H3,(H,19,22). The van der Waals surface area contributed by atoms with E-state index in [9.17, 15) is 4.79 Å². The first-order valence-corrected chi connectivity index (χ1v) is 9.01. The first-order chi connectivity index (χ1) is 11.1. The van der Waals surface area contributed by atoms with Crippen LogP contribution in [0.2, 0.25) is 0 Å². The second kappa shape index (κ2) is 7.23. The smallest absolute Gasteiger partial charge is 0.221 e. The van der Waals surface area contributed by atoms with Gasteiger partial charge in [0.25, 0.3) is 0 Å². The van der Waals surface area contributed by atoms with Gasteiger partial charge in [0.1, 0.15) is 0 Å². The summed E-state index contributed by atoms with van der Waals surface area (Å²) in [5.41, 5.74) is 2.30. The van der Waals surface area contributed by atoms with Gasteiger partial charge < -0.3 is 5.32 Å². The van der Waals surface area contributed by atoms with Gasteiger partial charge in [-0.3, -0.25) is 9.69 Å². The Labute approximate surface area is 141 Å². The molecule has 2 heterocycles. The first kappa shape index (κ1) is 16.1. The van der Waals surface area contributed by atoms with Gasteiger partial charge in [-0.15, -0.1) is 11.3 Å². The molecule has 0 aliphatic carbocycles. The minimum atomic E-state index is 0.114. The highest BCUT2D eigenvalue weighted by atomic mass is 32.1. The third kappa shape index (κ3) is 3.98. The molecule has 1 fully saturated rings. The van der Waals surface area contributed by atoms with E-state index in [-0.39, 0.29) is 11.9 Å². The second-order valence-corrected chi connectivity index (χ2v) is 7.17. The summed E-state index contributed by atoms with van der Waals surface area (Å²) in [5.74, 6) is 0.591. The molecule has 1 unspecified atom stereocenters. The molecular formula is C18H23N3OS. The Hall–Kier alpha value is -1.72. The lowest BCUT2D eigenvalue weighted by Gasteiger charge is -2.28. The lowest BCUT2D eigenvalue weighted by molar-refractivity contribution is -0.121. The number of amides is 1. The lowest BCUT2D eigenvalue weighted by Crippen LogP contribution is -2.30. The molecule has 0 bridgehead atoms. The number of thiazole rings is 1. The highest BCUT2D eigenvalue weighted by Crippen LogP contribution is 2.28. The van der Waals surface area contributed by atoms with Gasteiger partial charge in [0.05, 0.1) is 10.7 Å². The fraction of sp³-hybridized carbons (Fsp3) is 0.444. The summed E-state index contributed by atoms with van der Waals surface area (Å²) < 4.78 is 0. The predicted molar refractivity (Wildman–Crippen MR) is 93.4 cm³/mol. The van der Waals surface area contributed by atoms with Gasteiger partial charge in [-0.25, -0.2) is 4.98 Å². The normalized spacial score (nSPS) is 19.6. The Kier molecular flexibility index (Phi) is 5.08. The van der Waals surface area contributed by atoms with E-state index in [1.807, 2.05) is 18.2 Å². The van der Waals surface area contributed by atoms with Crippen molar-refractivity contribution in [1.29, 1.82) is 0 Å². The maximum Gasteiger partial charge on any atom is 0.221 e. The van der Waals surface area contributed by atoms with Crippen LogP contribution in [0.5, 0.6) is 0 Å². The number of carbonyl (C=O) groups excluding carboxylic acids is 1. The minimum Gasteiger partial charge on any atom is -0.355 e. The Morgan fingerprint density at radius 2 is 2.13 bits per heavy atom. The van der Waals surface area contributed by atoms with Gasteiger partial charge >= 0.3 is 0 Å². The number of nitrogens with one attached hydrogen (secondary N) is 1. The maximum atomic E-state index is 12.0. The molecule has 1 aliphatic heterocycles. The zero-order valence-electron chi connectivity index (χ0n) is 13.7. The number of hydrogen-bond acceptors (Lipinski definition) is 4. The Morgan fingerprint density at radius 1 is 1.35 bits per heavy atom. The average molecular weight is 329 g/mol. The van der Waals surface area contributed by atoms with Crippen LogP contribution in [0, 0.1) is 0 Å². The summed E-state index contributed by atoms with van der Waals surface area (Å²) in [4.78, 5) is 19.1. The fourth-order valence-corrected chi connectivity index (χ4v) is 3.76. The van der Waals surface area contributed by atoms with Crippen LogP contribution in [0.15, 0.2) is 35.7 Å². The van der Waals surface area contributed by atoms with E-state index in [2.05, 4.69) is 41.6 Å². The first-order valence-electron chi connectivity index (χ1n) is 8.13. The lowest BCUT2D eigenvalue weighted by atomic mass is 10.0. The van der Waals surface area contributed by atoms with Crippen LogP contribution in [0.1, 0.15) is 48.5 Å². The van der Waals surface area contributed by atoms with E-state index in [0.29, 0.717) is 18.9 Å². The van der Waals surface area contributed by atoms with Crippen molar-refractivity contribution in [3.63, 3.8) is 0 Å². The number of nitrogens with zero attached hydrogens (tertiary/aromatic N) is 2. The van der Waals surface area contributed by atoms with Crippen LogP contribution in [-0.4, -0.2) is 28.9 Å². The highest BCUT2D eigenvalue weighted by molar-refractivity contribution is 7.09. The van der Waals surface area contributed by atoms with Crippen LogP contribution in [0.25, 0.3) is 0 Å². The summed E-state index contributed by atoms with van der Waals surface area (Å²) >= 11 is 1.73. The van der Waals surface area contributed by atoms with E-state index in [1.165, 1.54) is 10.6 Å². The van der Waals surface area contributed by atoms with Crippen molar-refractivity contribution in [2.45, 2.75) is 38.8 Å². The Balaban J connectivity index is 1.82. The van der Waals surface area contributed by atoms with E-state index in [1.54, 1.807) is 11.3 Å². The van der Waals surface area contributed by atoms with Crippen molar-refractivity contribution < 1.29 is 4.79 Å². The maximum absolute atomic E-state index is 12.0. The molecule has 0 saturated carbocycles. The SMILES string of the molecule is CC(C)c1nc(CN2CCNC(=O)CC2c2ccccc2)cs1. The molecule has 1 amide bonds. The van der Waals surface area contributed by atoms with E-state index >= 15 is 0 Å². The van der Waals surface area contributed by atoms with E-state index in [4.69, 9.17) is 4.98 Å². The summed E-state index contributed by atoms with van der Waals surface area (Å²) in [7, 11) is 0. The molecule has 0 spiro atoms. The molecule has 4 nitrogen and oxygen atoms in total. The number of carbonyl (C=O) groups is 1. The van der Waals surface area contributed by atoms with Gasteiger partial charge in [-0.2, -0.15) is 0 Å². The van der Waals surface area contributed by atoms with Crippen LogP contribution in [-0.2, 0) is 11.3 Å². The topological polar surface area (TPSA) is 45.2 Å². The molecule has 5 heteroatoms. The Morgan fingerprint density at radius 3 is 2.83 bits per heavy atom. The third-order valence-corrected chi connectivity index (χ3v) is 5.35. The van der Waals surface area contributed by atoms with Gasteiger partial charge in [-0.1, -0.05) is 44.2 Å². The average Bonchev–Trinajstić information content (AvgIpc) is 2.93. The molecule has 3 rings (SSSR count). The minimum absolute atomic E-state index is 0.114. The number of benzene rings is 1. The van der Waals surface area contributed by atoms with Crippen molar-refractivity contribution in [2.24, 2.45) is 0 Å². The predicted octanol–water partition coefficient (Wildman–Crippen LogP) is 3.33. The van der Waals surface area contributed by atoms with E-state index < -0.39 is 0 Å². The van der Waals surface area contributed by atoms with E-state index in [0.717, 1.165) is 18.8 Å². The molecule has 1 N–H and O–H groups in total. The third-order valence-electron chi connectivity index (χ3n) is 4.15. The van der Waals surface area contributed by atoms with Crippen molar-refractivity contribution in [3.8, 4) is 0 Å². The fourth-order valence-electron chi connectivity index (χ4n) is 2.93. The second-order valence-electron chi connectivity index (χ2n) is 6.28. The zero-order chi connectivity index (χ0) is 16.2. The molecule has 122 valence electrons. The quantitative estimate of drug-likeness (QED) is 0.936. The molecule has 23 heavy (non-hydrogen) atoms. The van der Waals surface area contributed by atoms with Crippen LogP contribution in [0.3, 0.4) is 0 Å². The van der Waals surface area contributed by atoms with Crippen molar-refractivity contribution in [2.75, 3.05) is 13.1 Å². The van der Waals surface area contributed by atoms with Crippen molar-refractivity contribution in [3.05, 3.63) is 52.0 Å². The zero-order valence-corrected chi connectivity index (χ0v) is 14.5. The molecule has 1 atom stereocenters. The number of aromatic nitrogens is 1. The summed E-state index contributed by atoms with van der Waals surface area (Å²) in [6.45, 7) is 6.68. The van der Waals surface area contributed by atoms with Gasteiger partial charge in [0, 0.05) is 43.4 Å². The molecule has 1 aromatic carbocycles. The summed E-state index contributed by atoms with van der Waals surface area (Å²) in [6, 6.07) is 10.4. The van der Waals surface area contributed by atoms with Gasteiger partial charge in [-0.05, 0) is 5.56 Å². The molecular weight excluding hydrogens is 306 g/mol. The highest BCUT2D eigenvalue weighted by Gasteiger charge is 2.26. The van der Waals surface area contributed by atoms with Gasteiger partial charge in [0.2, 0.25) is 5.91 Å². The molecule has 1 aliphatic rings. The number of rotatable bonds is 4. The number of hydrogen-bond donors (Lipinski definition) is 1. The molecule has 1 saturated heterocycles. The van der Waals surface area contributed by atoms with Crippen molar-refractivity contribution >= 4 is 17.2 Å². The molecule has 2 aromatic rings. The van der Waals surface area contributed by atoms with Crippen LogP contribution >= 0.6 is 11.3 Å². The van der Waals surface area contributed by atoms with Gasteiger partial charge in [0.15, 0.2) is 0 Å². The molecule has 1 aromatic heterocycles. The monoisotopic (exact) mass is 329 g/mol.